The second kappa shape index (κ2) is 10.1. The molecule has 0 atom stereocenters. The molecule has 0 N–H and O–H groups in total. The molecule has 0 aliphatic carbocycles. The third-order valence-corrected chi connectivity index (χ3v) is 7.16. The topological polar surface area (TPSA) is 92.8 Å². The van der Waals surface area contributed by atoms with Crippen molar-refractivity contribution >= 4 is 22.4 Å². The molecule has 10 heteroatoms. The first kappa shape index (κ1) is 24.4. The van der Waals surface area contributed by atoms with Gasteiger partial charge in [-0.2, -0.15) is 14.6 Å². The fraction of sp³-hybridized carbons (Fsp3) is 0.103. The number of hydrogen-bond donors (Lipinski definition) is 0. The predicted octanol–water partition coefficient (Wildman–Crippen LogP) is 4.24. The Labute approximate surface area is 227 Å². The highest BCUT2D eigenvalue weighted by molar-refractivity contribution is 7.15. The maximum absolute atomic E-state index is 13.4. The standard InChI is InChI=1S/C29H23N5O4S/c1-36-22-14-19(15-23(37-2)26(22)38-3)27-30-29-34(32-27)28(35)24(39-29)16-20-17-33(21-12-8-5-9-13-21)31-25(20)18-10-6-4-7-11-18/h4-17H,1-3H3. The molecule has 9 nitrogen and oxygen atoms in total. The Morgan fingerprint density at radius 2 is 1.49 bits per heavy atom. The molecule has 194 valence electrons. The largest absolute Gasteiger partial charge is 0.493 e. The molecular weight excluding hydrogens is 514 g/mol. The molecule has 0 saturated carbocycles. The van der Waals surface area contributed by atoms with E-state index in [1.54, 1.807) is 33.5 Å². The van der Waals surface area contributed by atoms with Crippen LogP contribution in [0.3, 0.4) is 0 Å². The van der Waals surface area contributed by atoms with Crippen molar-refractivity contribution in [1.29, 1.82) is 0 Å². The third kappa shape index (κ3) is 4.40. The SMILES string of the molecule is COc1cc(-c2nc3sc(=Cc4cn(-c5ccccc5)nc4-c4ccccc4)c(=O)n3n2)cc(OC)c1OC. The minimum absolute atomic E-state index is 0.257. The molecule has 0 radical (unpaired) electrons. The van der Waals surface area contributed by atoms with Crippen LogP contribution in [0.2, 0.25) is 0 Å². The van der Waals surface area contributed by atoms with E-state index in [-0.39, 0.29) is 5.56 Å². The first-order valence-electron chi connectivity index (χ1n) is 12.0. The van der Waals surface area contributed by atoms with Gasteiger partial charge in [0.25, 0.3) is 5.56 Å². The van der Waals surface area contributed by atoms with Gasteiger partial charge in [0.05, 0.1) is 37.2 Å². The first-order valence-corrected chi connectivity index (χ1v) is 12.8. The van der Waals surface area contributed by atoms with Gasteiger partial charge >= 0.3 is 0 Å². The maximum Gasteiger partial charge on any atom is 0.291 e. The summed E-state index contributed by atoms with van der Waals surface area (Å²) in [5, 5.41) is 9.33. The van der Waals surface area contributed by atoms with Crippen LogP contribution < -0.4 is 24.3 Å². The predicted molar refractivity (Wildman–Crippen MR) is 150 cm³/mol. The summed E-state index contributed by atoms with van der Waals surface area (Å²) in [5.74, 6) is 1.80. The smallest absolute Gasteiger partial charge is 0.291 e. The zero-order valence-corrected chi connectivity index (χ0v) is 22.2. The van der Waals surface area contributed by atoms with Gasteiger partial charge in [-0.05, 0) is 30.3 Å². The van der Waals surface area contributed by atoms with E-state index in [2.05, 4.69) is 10.1 Å². The fourth-order valence-corrected chi connectivity index (χ4v) is 5.23. The van der Waals surface area contributed by atoms with Crippen molar-refractivity contribution in [1.82, 2.24) is 24.4 Å². The van der Waals surface area contributed by atoms with Crippen molar-refractivity contribution in [3.63, 3.8) is 0 Å². The van der Waals surface area contributed by atoms with Crippen molar-refractivity contribution in [2.45, 2.75) is 0 Å². The lowest BCUT2D eigenvalue weighted by Gasteiger charge is -2.12. The summed E-state index contributed by atoms with van der Waals surface area (Å²) in [6.45, 7) is 0. The molecule has 0 fully saturated rings. The van der Waals surface area contributed by atoms with Crippen molar-refractivity contribution in [2.24, 2.45) is 0 Å². The van der Waals surface area contributed by atoms with Gasteiger partial charge in [0.15, 0.2) is 17.3 Å². The lowest BCUT2D eigenvalue weighted by Crippen LogP contribution is -2.23. The lowest BCUT2D eigenvalue weighted by atomic mass is 10.1. The molecule has 6 aromatic rings. The number of rotatable bonds is 7. The van der Waals surface area contributed by atoms with Gasteiger partial charge in [-0.15, -0.1) is 5.10 Å². The number of ether oxygens (including phenoxy) is 3. The molecule has 0 bridgehead atoms. The molecule has 3 aromatic carbocycles. The lowest BCUT2D eigenvalue weighted by molar-refractivity contribution is 0.324. The Kier molecular flexibility index (Phi) is 6.29. The van der Waals surface area contributed by atoms with E-state index >= 15 is 0 Å². The van der Waals surface area contributed by atoms with Gasteiger partial charge in [-0.3, -0.25) is 4.79 Å². The molecule has 0 amide bonds. The maximum atomic E-state index is 13.4. The summed E-state index contributed by atoms with van der Waals surface area (Å²) in [4.78, 5) is 18.5. The van der Waals surface area contributed by atoms with Crippen LogP contribution in [0.25, 0.3) is 39.4 Å². The van der Waals surface area contributed by atoms with E-state index in [4.69, 9.17) is 19.3 Å². The quantitative estimate of drug-likeness (QED) is 0.301. The van der Waals surface area contributed by atoms with Crippen molar-refractivity contribution in [3.05, 3.63) is 99.4 Å². The Morgan fingerprint density at radius 1 is 0.821 bits per heavy atom. The normalized spacial score (nSPS) is 11.7. The van der Waals surface area contributed by atoms with E-state index in [1.165, 1.54) is 15.9 Å². The number of thiazole rings is 1. The minimum atomic E-state index is -0.257. The summed E-state index contributed by atoms with van der Waals surface area (Å²) in [7, 11) is 4.63. The second-order valence-corrected chi connectivity index (χ2v) is 9.55. The first-order chi connectivity index (χ1) is 19.1. The number of para-hydroxylation sites is 1. The van der Waals surface area contributed by atoms with Crippen LogP contribution in [0, 0.1) is 0 Å². The number of hydrogen-bond acceptors (Lipinski definition) is 8. The molecular formula is C29H23N5O4S. The molecule has 39 heavy (non-hydrogen) atoms. The molecule has 0 aliphatic heterocycles. The number of benzene rings is 3. The van der Waals surface area contributed by atoms with Gasteiger partial charge < -0.3 is 14.2 Å². The Hall–Kier alpha value is -4.96. The molecule has 3 heterocycles. The van der Waals surface area contributed by atoms with Crippen LogP contribution in [0.1, 0.15) is 5.56 Å². The highest BCUT2D eigenvalue weighted by Gasteiger charge is 2.19. The molecule has 6 rings (SSSR count). The minimum Gasteiger partial charge on any atom is -0.493 e. The van der Waals surface area contributed by atoms with Crippen LogP contribution in [0.5, 0.6) is 17.2 Å². The van der Waals surface area contributed by atoms with E-state index in [0.717, 1.165) is 22.5 Å². The third-order valence-electron chi connectivity index (χ3n) is 6.20. The summed E-state index contributed by atoms with van der Waals surface area (Å²) < 4.78 is 19.9. The second-order valence-electron chi connectivity index (χ2n) is 8.54. The summed E-state index contributed by atoms with van der Waals surface area (Å²) in [6.07, 6.45) is 3.77. The highest BCUT2D eigenvalue weighted by atomic mass is 32.1. The molecule has 0 aliphatic rings. The number of nitrogens with zero attached hydrogens (tertiary/aromatic N) is 5. The number of fused-ring (bicyclic) bond motifs is 1. The molecule has 0 saturated heterocycles. The van der Waals surface area contributed by atoms with Crippen LogP contribution >= 0.6 is 11.3 Å². The van der Waals surface area contributed by atoms with Crippen molar-refractivity contribution < 1.29 is 14.2 Å². The van der Waals surface area contributed by atoms with Crippen LogP contribution in [-0.2, 0) is 0 Å². The average molecular weight is 538 g/mol. The van der Waals surface area contributed by atoms with E-state index in [1.807, 2.05) is 77.6 Å². The van der Waals surface area contributed by atoms with Crippen molar-refractivity contribution in [3.8, 4) is 45.6 Å². The van der Waals surface area contributed by atoms with E-state index in [0.29, 0.717) is 38.1 Å². The zero-order chi connectivity index (χ0) is 26.9. The Bertz CT molecular complexity index is 1870. The molecule has 0 spiro atoms. The Balaban J connectivity index is 1.46. The highest BCUT2D eigenvalue weighted by Crippen LogP contribution is 2.40. The Morgan fingerprint density at radius 3 is 2.10 bits per heavy atom. The molecule has 0 unspecified atom stereocenters. The van der Waals surface area contributed by atoms with Crippen LogP contribution in [-0.4, -0.2) is 45.7 Å². The van der Waals surface area contributed by atoms with Crippen LogP contribution in [0.15, 0.2) is 83.8 Å². The van der Waals surface area contributed by atoms with Crippen LogP contribution in [0.4, 0.5) is 0 Å². The zero-order valence-electron chi connectivity index (χ0n) is 21.4. The summed E-state index contributed by atoms with van der Waals surface area (Å²) in [6, 6.07) is 23.3. The molecule has 3 aromatic heterocycles. The summed E-state index contributed by atoms with van der Waals surface area (Å²) >= 11 is 1.27. The van der Waals surface area contributed by atoms with E-state index < -0.39 is 0 Å². The van der Waals surface area contributed by atoms with Gasteiger partial charge in [-0.1, -0.05) is 59.9 Å². The average Bonchev–Trinajstić information content (AvgIpc) is 3.68. The van der Waals surface area contributed by atoms with Gasteiger partial charge in [0.1, 0.15) is 0 Å². The monoisotopic (exact) mass is 537 g/mol. The van der Waals surface area contributed by atoms with Gasteiger partial charge in [0, 0.05) is 22.9 Å². The van der Waals surface area contributed by atoms with E-state index in [9.17, 15) is 4.79 Å². The van der Waals surface area contributed by atoms with Crippen molar-refractivity contribution in [2.75, 3.05) is 21.3 Å². The number of methoxy groups -OCH3 is 3. The fourth-order valence-electron chi connectivity index (χ4n) is 4.33. The summed E-state index contributed by atoms with van der Waals surface area (Å²) in [5.41, 5.74) is 3.85. The van der Waals surface area contributed by atoms with Gasteiger partial charge in [-0.25, -0.2) is 4.68 Å². The van der Waals surface area contributed by atoms with Gasteiger partial charge in [0.2, 0.25) is 10.7 Å². The number of aromatic nitrogens is 5.